The van der Waals surface area contributed by atoms with Crippen LogP contribution in [0.25, 0.3) is 0 Å². The Labute approximate surface area is 160 Å². The Kier molecular flexibility index (Phi) is 8.85. The summed E-state index contributed by atoms with van der Waals surface area (Å²) in [5.74, 6) is -3.38. The summed E-state index contributed by atoms with van der Waals surface area (Å²) in [6, 6.07) is 2.78. The van der Waals surface area contributed by atoms with Crippen LogP contribution in [0.4, 0.5) is 0 Å². The lowest BCUT2D eigenvalue weighted by Crippen LogP contribution is -2.53. The number of carboxylic acids is 1. The number of aliphatic hydroxyl groups excluding tert-OH is 1. The Hall–Kier alpha value is -3.18. The minimum absolute atomic E-state index is 0.0877. The molecule has 8 N–H and O–H groups in total. The Balaban J connectivity index is 2.43. The molecule has 0 aliphatic rings. The summed E-state index contributed by atoms with van der Waals surface area (Å²) in [7, 11) is 0. The molecule has 154 valence electrons. The normalized spacial score (nSPS) is 13.7. The predicted molar refractivity (Wildman–Crippen MR) is 97.1 cm³/mol. The second kappa shape index (κ2) is 10.8. The van der Waals surface area contributed by atoms with Gasteiger partial charge in [-0.1, -0.05) is 12.1 Å². The van der Waals surface area contributed by atoms with Gasteiger partial charge in [0.15, 0.2) is 0 Å². The van der Waals surface area contributed by atoms with E-state index in [1.165, 1.54) is 19.1 Å². The highest BCUT2D eigenvalue weighted by atomic mass is 16.4. The SMILES string of the molecule is CC(NC(=O)C(N)Cc1ccc(O)cc1)C(=O)NCC(=O)NC(CO)C(=O)O. The largest absolute Gasteiger partial charge is 0.508 e. The molecule has 0 saturated heterocycles. The number of nitrogens with one attached hydrogen (secondary N) is 3. The maximum Gasteiger partial charge on any atom is 0.328 e. The van der Waals surface area contributed by atoms with Crippen molar-refractivity contribution in [3.8, 4) is 5.75 Å². The van der Waals surface area contributed by atoms with Crippen LogP contribution in [0.3, 0.4) is 0 Å². The molecule has 3 amide bonds. The number of carboxylic acid groups (broad SMARTS) is 1. The molecule has 11 heteroatoms. The lowest BCUT2D eigenvalue weighted by Gasteiger charge is -2.18. The summed E-state index contributed by atoms with van der Waals surface area (Å²) >= 11 is 0. The van der Waals surface area contributed by atoms with E-state index in [0.29, 0.717) is 0 Å². The molecule has 0 radical (unpaired) electrons. The van der Waals surface area contributed by atoms with Crippen molar-refractivity contribution in [2.24, 2.45) is 5.73 Å². The second-order valence-corrected chi connectivity index (χ2v) is 6.07. The van der Waals surface area contributed by atoms with Crippen molar-refractivity contribution >= 4 is 23.7 Å². The van der Waals surface area contributed by atoms with Gasteiger partial charge in [0, 0.05) is 0 Å². The van der Waals surface area contributed by atoms with Crippen LogP contribution >= 0.6 is 0 Å². The molecule has 1 aromatic carbocycles. The van der Waals surface area contributed by atoms with Crippen molar-refractivity contribution in [2.45, 2.75) is 31.5 Å². The quantitative estimate of drug-likeness (QED) is 0.225. The van der Waals surface area contributed by atoms with Crippen LogP contribution in [-0.2, 0) is 25.6 Å². The van der Waals surface area contributed by atoms with E-state index in [-0.39, 0.29) is 12.2 Å². The third-order valence-corrected chi connectivity index (χ3v) is 3.72. The first-order valence-electron chi connectivity index (χ1n) is 8.38. The number of phenols is 1. The van der Waals surface area contributed by atoms with E-state index >= 15 is 0 Å². The van der Waals surface area contributed by atoms with E-state index in [9.17, 15) is 24.3 Å². The summed E-state index contributed by atoms with van der Waals surface area (Å²) in [5, 5.41) is 33.5. The van der Waals surface area contributed by atoms with E-state index in [1.54, 1.807) is 12.1 Å². The van der Waals surface area contributed by atoms with Crippen LogP contribution < -0.4 is 21.7 Å². The third-order valence-electron chi connectivity index (χ3n) is 3.72. The van der Waals surface area contributed by atoms with Gasteiger partial charge in [-0.15, -0.1) is 0 Å². The van der Waals surface area contributed by atoms with Crippen molar-refractivity contribution in [1.82, 2.24) is 16.0 Å². The zero-order valence-corrected chi connectivity index (χ0v) is 15.2. The highest BCUT2D eigenvalue weighted by molar-refractivity contribution is 5.92. The predicted octanol–water partition coefficient (Wildman–Crippen LogP) is -2.56. The molecule has 0 heterocycles. The van der Waals surface area contributed by atoms with Crippen molar-refractivity contribution in [2.75, 3.05) is 13.2 Å². The van der Waals surface area contributed by atoms with E-state index in [2.05, 4.69) is 10.6 Å². The second-order valence-electron chi connectivity index (χ2n) is 6.07. The standard InChI is InChI=1S/C17H24N4O7/c1-9(15(25)19-7-14(24)21-13(8-22)17(27)28)20-16(26)12(18)6-10-2-4-11(23)5-3-10/h2-5,9,12-13,22-23H,6-8,18H2,1H3,(H,19,25)(H,20,26)(H,21,24)(H,27,28). The van der Waals surface area contributed by atoms with Crippen molar-refractivity contribution < 1.29 is 34.5 Å². The maximum absolute atomic E-state index is 12.1. The van der Waals surface area contributed by atoms with Crippen LogP contribution in [0, 0.1) is 0 Å². The van der Waals surface area contributed by atoms with Gasteiger partial charge in [0.1, 0.15) is 17.8 Å². The average Bonchev–Trinajstić information content (AvgIpc) is 2.65. The summed E-state index contributed by atoms with van der Waals surface area (Å²) in [4.78, 5) is 46.3. The van der Waals surface area contributed by atoms with Gasteiger partial charge in [-0.25, -0.2) is 4.79 Å². The van der Waals surface area contributed by atoms with Gasteiger partial charge >= 0.3 is 5.97 Å². The lowest BCUT2D eigenvalue weighted by atomic mass is 10.1. The number of aliphatic hydroxyl groups is 1. The number of carbonyl (C=O) groups is 4. The van der Waals surface area contributed by atoms with Crippen LogP contribution in [0.5, 0.6) is 5.75 Å². The van der Waals surface area contributed by atoms with Crippen molar-refractivity contribution in [3.63, 3.8) is 0 Å². The highest BCUT2D eigenvalue weighted by Gasteiger charge is 2.22. The van der Waals surface area contributed by atoms with Gasteiger partial charge in [-0.05, 0) is 31.0 Å². The van der Waals surface area contributed by atoms with Crippen LogP contribution in [0.2, 0.25) is 0 Å². The van der Waals surface area contributed by atoms with Crippen LogP contribution in [0.1, 0.15) is 12.5 Å². The first-order valence-corrected chi connectivity index (χ1v) is 8.38. The Bertz CT molecular complexity index is 708. The fourth-order valence-corrected chi connectivity index (χ4v) is 2.12. The van der Waals surface area contributed by atoms with Crippen LogP contribution in [0.15, 0.2) is 24.3 Å². The number of hydrogen-bond donors (Lipinski definition) is 7. The first kappa shape index (κ1) is 22.9. The van der Waals surface area contributed by atoms with Gasteiger partial charge in [0.05, 0.1) is 19.2 Å². The smallest absolute Gasteiger partial charge is 0.328 e. The first-order chi connectivity index (χ1) is 13.1. The van der Waals surface area contributed by atoms with Gasteiger partial charge in [0.25, 0.3) is 0 Å². The molecule has 0 aliphatic carbocycles. The fraction of sp³-hybridized carbons (Fsp3) is 0.412. The number of amides is 3. The molecule has 3 unspecified atom stereocenters. The van der Waals surface area contributed by atoms with Gasteiger partial charge in [-0.2, -0.15) is 0 Å². The number of hydrogen-bond acceptors (Lipinski definition) is 7. The van der Waals surface area contributed by atoms with Gasteiger partial charge < -0.3 is 37.0 Å². The molecule has 1 rings (SSSR count). The summed E-state index contributed by atoms with van der Waals surface area (Å²) in [6.45, 7) is 0.0783. The van der Waals surface area contributed by atoms with Gasteiger partial charge in [-0.3, -0.25) is 14.4 Å². The maximum atomic E-state index is 12.1. The third kappa shape index (κ3) is 7.60. The zero-order valence-electron chi connectivity index (χ0n) is 15.2. The van der Waals surface area contributed by atoms with Crippen molar-refractivity contribution in [1.29, 1.82) is 0 Å². The molecule has 0 aliphatic heterocycles. The van der Waals surface area contributed by atoms with Gasteiger partial charge in [0.2, 0.25) is 17.7 Å². The highest BCUT2D eigenvalue weighted by Crippen LogP contribution is 2.10. The number of phenolic OH excluding ortho intramolecular Hbond substituents is 1. The molecular formula is C17H24N4O7. The number of aliphatic carboxylic acids is 1. The van der Waals surface area contributed by atoms with E-state index < -0.39 is 55.0 Å². The number of benzene rings is 1. The number of carbonyl (C=O) groups excluding carboxylic acids is 3. The minimum atomic E-state index is -1.47. The molecule has 0 fully saturated rings. The topological polar surface area (TPSA) is 191 Å². The molecule has 0 bridgehead atoms. The number of rotatable bonds is 10. The van der Waals surface area contributed by atoms with E-state index in [4.69, 9.17) is 15.9 Å². The minimum Gasteiger partial charge on any atom is -0.508 e. The molecule has 0 aromatic heterocycles. The molecule has 0 spiro atoms. The fourth-order valence-electron chi connectivity index (χ4n) is 2.12. The summed E-state index contributed by atoms with van der Waals surface area (Å²) < 4.78 is 0. The molecule has 3 atom stereocenters. The average molecular weight is 396 g/mol. The Morgan fingerprint density at radius 1 is 1.07 bits per heavy atom. The molecule has 0 saturated carbocycles. The lowest BCUT2D eigenvalue weighted by molar-refractivity contribution is -0.142. The van der Waals surface area contributed by atoms with Crippen LogP contribution in [-0.4, -0.2) is 70.3 Å². The Morgan fingerprint density at radius 3 is 2.21 bits per heavy atom. The monoisotopic (exact) mass is 396 g/mol. The zero-order chi connectivity index (χ0) is 21.3. The molecular weight excluding hydrogens is 372 g/mol. The number of nitrogens with two attached hydrogens (primary N) is 1. The van der Waals surface area contributed by atoms with E-state index in [0.717, 1.165) is 5.56 Å². The molecule has 11 nitrogen and oxygen atoms in total. The molecule has 1 aromatic rings. The van der Waals surface area contributed by atoms with E-state index in [1.807, 2.05) is 5.32 Å². The Morgan fingerprint density at radius 2 is 1.68 bits per heavy atom. The number of aromatic hydroxyl groups is 1. The summed E-state index contributed by atoms with van der Waals surface area (Å²) in [5.41, 5.74) is 6.53. The summed E-state index contributed by atoms with van der Waals surface area (Å²) in [6.07, 6.45) is 0.195. The molecule has 28 heavy (non-hydrogen) atoms. The van der Waals surface area contributed by atoms with Crippen molar-refractivity contribution in [3.05, 3.63) is 29.8 Å².